The van der Waals surface area contributed by atoms with Crippen molar-refractivity contribution >= 4 is 50.9 Å². The molecule has 4 rings (SSSR count). The van der Waals surface area contributed by atoms with E-state index in [9.17, 15) is 14.0 Å². The van der Waals surface area contributed by atoms with Crippen LogP contribution >= 0.6 is 27.7 Å². The molecule has 3 aromatic rings. The van der Waals surface area contributed by atoms with Crippen LogP contribution in [0.2, 0.25) is 0 Å². The smallest absolute Gasteiger partial charge is 0.255 e. The molecule has 1 aliphatic rings. The standard InChI is InChI=1S/C23H18BrFN2O2S/c1-14-19(25)9-4-10-20(14)27-21(28)13-30-23(27)16-6-3-8-18(12-16)26-22(29)15-5-2-7-17(24)11-15/h2-12,23H,13H2,1H3,(H,26,29). The highest BCUT2D eigenvalue weighted by molar-refractivity contribution is 9.10. The minimum absolute atomic E-state index is 0.0673. The van der Waals surface area contributed by atoms with Crippen molar-refractivity contribution in [2.24, 2.45) is 0 Å². The van der Waals surface area contributed by atoms with Gasteiger partial charge < -0.3 is 5.32 Å². The maximum Gasteiger partial charge on any atom is 0.255 e. The first-order valence-corrected chi connectivity index (χ1v) is 11.1. The first-order valence-electron chi connectivity index (χ1n) is 9.29. The molecule has 0 aliphatic carbocycles. The molecule has 1 heterocycles. The molecule has 2 amide bonds. The monoisotopic (exact) mass is 484 g/mol. The maximum atomic E-state index is 14.1. The number of thioether (sulfide) groups is 1. The highest BCUT2D eigenvalue weighted by atomic mass is 79.9. The second-order valence-electron chi connectivity index (χ2n) is 6.90. The fourth-order valence-corrected chi connectivity index (χ4v) is 4.95. The molecule has 1 unspecified atom stereocenters. The molecule has 0 saturated carbocycles. The topological polar surface area (TPSA) is 49.4 Å². The molecular formula is C23H18BrFN2O2S. The van der Waals surface area contributed by atoms with Gasteiger partial charge in [-0.3, -0.25) is 14.5 Å². The Labute approximate surface area is 186 Å². The van der Waals surface area contributed by atoms with Crippen LogP contribution in [0.5, 0.6) is 0 Å². The fraction of sp³-hybridized carbons (Fsp3) is 0.130. The number of hydrogen-bond donors (Lipinski definition) is 1. The average Bonchev–Trinajstić information content (AvgIpc) is 3.11. The van der Waals surface area contributed by atoms with E-state index >= 15 is 0 Å². The number of anilines is 2. The third-order valence-corrected chi connectivity index (χ3v) is 6.59. The molecule has 3 aromatic carbocycles. The van der Waals surface area contributed by atoms with Crippen LogP contribution in [-0.2, 0) is 4.79 Å². The van der Waals surface area contributed by atoms with Crippen LogP contribution in [0, 0.1) is 12.7 Å². The van der Waals surface area contributed by atoms with E-state index in [4.69, 9.17) is 0 Å². The third kappa shape index (κ3) is 4.13. The molecule has 0 aromatic heterocycles. The van der Waals surface area contributed by atoms with Gasteiger partial charge in [-0.2, -0.15) is 0 Å². The van der Waals surface area contributed by atoms with Gasteiger partial charge in [0.05, 0.1) is 11.4 Å². The van der Waals surface area contributed by atoms with Crippen LogP contribution in [0.3, 0.4) is 0 Å². The van der Waals surface area contributed by atoms with Crippen molar-refractivity contribution in [3.8, 4) is 0 Å². The number of benzene rings is 3. The zero-order chi connectivity index (χ0) is 21.3. The Bertz CT molecular complexity index is 1140. The van der Waals surface area contributed by atoms with Crippen molar-refractivity contribution in [1.82, 2.24) is 0 Å². The molecule has 0 bridgehead atoms. The van der Waals surface area contributed by atoms with Crippen LogP contribution in [0.25, 0.3) is 0 Å². The van der Waals surface area contributed by atoms with Crippen molar-refractivity contribution < 1.29 is 14.0 Å². The summed E-state index contributed by atoms with van der Waals surface area (Å²) in [7, 11) is 0. The van der Waals surface area contributed by atoms with Gasteiger partial charge >= 0.3 is 0 Å². The minimum atomic E-state index is -0.342. The first kappa shape index (κ1) is 20.6. The molecule has 7 heteroatoms. The van der Waals surface area contributed by atoms with Gasteiger partial charge in [0, 0.05) is 21.3 Å². The third-order valence-electron chi connectivity index (χ3n) is 4.88. The number of carbonyl (C=O) groups excluding carboxylic acids is 2. The molecule has 1 atom stereocenters. The molecule has 1 N–H and O–H groups in total. The Hall–Kier alpha value is -2.64. The molecule has 0 radical (unpaired) electrons. The molecular weight excluding hydrogens is 467 g/mol. The second kappa shape index (κ2) is 8.62. The van der Waals surface area contributed by atoms with Crippen LogP contribution in [0.1, 0.15) is 26.9 Å². The molecule has 0 spiro atoms. The van der Waals surface area contributed by atoms with Gasteiger partial charge in [0.25, 0.3) is 5.91 Å². The molecule has 1 aliphatic heterocycles. The number of nitrogens with one attached hydrogen (secondary N) is 1. The lowest BCUT2D eigenvalue weighted by Crippen LogP contribution is -2.28. The Morgan fingerprint density at radius 2 is 1.90 bits per heavy atom. The van der Waals surface area contributed by atoms with Gasteiger partial charge in [-0.05, 0) is 55.0 Å². The van der Waals surface area contributed by atoms with Gasteiger partial charge in [0.15, 0.2) is 0 Å². The summed E-state index contributed by atoms with van der Waals surface area (Å²) in [6, 6.07) is 19.3. The van der Waals surface area contributed by atoms with Crippen LogP contribution in [0.4, 0.5) is 15.8 Å². The summed E-state index contributed by atoms with van der Waals surface area (Å²) in [6.45, 7) is 1.67. The zero-order valence-corrected chi connectivity index (χ0v) is 18.5. The van der Waals surface area contributed by atoms with E-state index in [2.05, 4.69) is 21.2 Å². The van der Waals surface area contributed by atoms with Crippen molar-refractivity contribution in [2.45, 2.75) is 12.3 Å². The lowest BCUT2D eigenvalue weighted by molar-refractivity contribution is -0.115. The lowest BCUT2D eigenvalue weighted by Gasteiger charge is -2.26. The van der Waals surface area contributed by atoms with Gasteiger partial charge in [0.2, 0.25) is 5.91 Å². The SMILES string of the molecule is Cc1c(F)cccc1N1C(=O)CSC1c1cccc(NC(=O)c2cccc(Br)c2)c1. The predicted molar refractivity (Wildman–Crippen MR) is 122 cm³/mol. The lowest BCUT2D eigenvalue weighted by atomic mass is 10.1. The van der Waals surface area contributed by atoms with E-state index < -0.39 is 0 Å². The van der Waals surface area contributed by atoms with Crippen LogP contribution < -0.4 is 10.2 Å². The summed E-state index contributed by atoms with van der Waals surface area (Å²) in [5.41, 5.74) is 3.04. The second-order valence-corrected chi connectivity index (χ2v) is 8.89. The summed E-state index contributed by atoms with van der Waals surface area (Å²) in [4.78, 5) is 26.8. The number of carbonyl (C=O) groups is 2. The zero-order valence-electron chi connectivity index (χ0n) is 16.1. The Morgan fingerprint density at radius 3 is 2.70 bits per heavy atom. The van der Waals surface area contributed by atoms with Gasteiger partial charge in [0.1, 0.15) is 11.2 Å². The van der Waals surface area contributed by atoms with Gasteiger partial charge in [-0.25, -0.2) is 4.39 Å². The highest BCUT2D eigenvalue weighted by Gasteiger charge is 2.35. The van der Waals surface area contributed by atoms with Crippen molar-refractivity contribution in [2.75, 3.05) is 16.0 Å². The molecule has 4 nitrogen and oxygen atoms in total. The molecule has 152 valence electrons. The van der Waals surface area contributed by atoms with Gasteiger partial charge in [-0.1, -0.05) is 40.2 Å². The van der Waals surface area contributed by atoms with Crippen molar-refractivity contribution in [3.63, 3.8) is 0 Å². The maximum absolute atomic E-state index is 14.1. The van der Waals surface area contributed by atoms with Crippen LogP contribution in [-0.4, -0.2) is 17.6 Å². The van der Waals surface area contributed by atoms with Crippen molar-refractivity contribution in [3.05, 3.63) is 93.7 Å². The molecule has 1 saturated heterocycles. The van der Waals surface area contributed by atoms with E-state index in [1.807, 2.05) is 24.3 Å². The van der Waals surface area contributed by atoms with E-state index in [0.717, 1.165) is 10.0 Å². The van der Waals surface area contributed by atoms with E-state index in [-0.39, 0.29) is 23.0 Å². The Morgan fingerprint density at radius 1 is 1.13 bits per heavy atom. The molecule has 1 fully saturated rings. The largest absolute Gasteiger partial charge is 0.322 e. The fourth-order valence-electron chi connectivity index (χ4n) is 3.39. The summed E-state index contributed by atoms with van der Waals surface area (Å²) < 4.78 is 14.9. The van der Waals surface area contributed by atoms with E-state index in [0.29, 0.717) is 28.3 Å². The van der Waals surface area contributed by atoms with E-state index in [1.165, 1.54) is 17.8 Å². The normalized spacial score (nSPS) is 16.0. The Balaban J connectivity index is 1.62. The molecule has 30 heavy (non-hydrogen) atoms. The Kier molecular flexibility index (Phi) is 5.92. The number of nitrogens with zero attached hydrogens (tertiary/aromatic N) is 1. The quantitative estimate of drug-likeness (QED) is 0.499. The average molecular weight is 485 g/mol. The predicted octanol–water partition coefficient (Wildman–Crippen LogP) is 5.93. The number of hydrogen-bond acceptors (Lipinski definition) is 3. The first-order chi connectivity index (χ1) is 14.4. The van der Waals surface area contributed by atoms with E-state index in [1.54, 1.807) is 48.2 Å². The summed E-state index contributed by atoms with van der Waals surface area (Å²) in [5, 5.41) is 2.61. The number of halogens is 2. The highest BCUT2D eigenvalue weighted by Crippen LogP contribution is 2.43. The minimum Gasteiger partial charge on any atom is -0.322 e. The van der Waals surface area contributed by atoms with Gasteiger partial charge in [-0.15, -0.1) is 11.8 Å². The number of amides is 2. The summed E-state index contributed by atoms with van der Waals surface area (Å²) in [5.74, 6) is -0.315. The number of rotatable bonds is 4. The van der Waals surface area contributed by atoms with Crippen molar-refractivity contribution in [1.29, 1.82) is 0 Å². The summed E-state index contributed by atoms with van der Waals surface area (Å²) >= 11 is 4.85. The summed E-state index contributed by atoms with van der Waals surface area (Å²) in [6.07, 6.45) is 0. The van der Waals surface area contributed by atoms with Crippen LogP contribution in [0.15, 0.2) is 71.2 Å².